The van der Waals surface area contributed by atoms with Crippen molar-refractivity contribution < 1.29 is 14.6 Å². The van der Waals surface area contributed by atoms with E-state index in [1.165, 1.54) is 25.3 Å². The third kappa shape index (κ3) is 3.57. The molecule has 3 rings (SSSR count). The lowest BCUT2D eigenvalue weighted by molar-refractivity contribution is -0.124. The Hall–Kier alpha value is -0.800. The molecule has 1 heterocycles. The van der Waals surface area contributed by atoms with Gasteiger partial charge in [-0.15, -0.1) is 0 Å². The SMILES string of the molecule is COc1cc(/C=C2/SC(=S)N(C3CCCCC3)C2=O)cc(I)c1O. The molecule has 0 bridgehead atoms. The third-order valence-corrected chi connectivity index (χ3v) is 6.48. The number of phenols is 1. The first kappa shape index (κ1) is 18.0. The summed E-state index contributed by atoms with van der Waals surface area (Å²) < 4.78 is 6.52. The lowest BCUT2D eigenvalue weighted by atomic mass is 9.94. The molecule has 1 N–H and O–H groups in total. The summed E-state index contributed by atoms with van der Waals surface area (Å²) in [4.78, 5) is 15.2. The molecule has 2 aliphatic rings. The fourth-order valence-corrected chi connectivity index (χ4v) is 5.14. The Morgan fingerprint density at radius 2 is 2.08 bits per heavy atom. The Balaban J connectivity index is 1.87. The van der Waals surface area contributed by atoms with E-state index in [4.69, 9.17) is 17.0 Å². The molecule has 2 fully saturated rings. The van der Waals surface area contributed by atoms with Crippen molar-refractivity contribution in [2.75, 3.05) is 7.11 Å². The molecular weight excluding hydrogens is 457 g/mol. The Bertz CT molecular complexity index is 714. The normalized spacial score (nSPS) is 20.9. The lowest BCUT2D eigenvalue weighted by Gasteiger charge is -2.29. The molecule has 0 unspecified atom stereocenters. The highest BCUT2D eigenvalue weighted by Gasteiger charge is 2.37. The number of thioether (sulfide) groups is 1. The van der Waals surface area contributed by atoms with Gasteiger partial charge >= 0.3 is 0 Å². The molecule has 0 radical (unpaired) electrons. The van der Waals surface area contributed by atoms with Crippen LogP contribution in [0.4, 0.5) is 0 Å². The molecule has 0 aromatic heterocycles. The number of rotatable bonds is 3. The van der Waals surface area contributed by atoms with Gasteiger partial charge < -0.3 is 9.84 Å². The minimum absolute atomic E-state index is 0.000972. The van der Waals surface area contributed by atoms with Crippen LogP contribution in [0.1, 0.15) is 37.7 Å². The van der Waals surface area contributed by atoms with E-state index in [2.05, 4.69) is 0 Å². The molecular formula is C17H18INO3S2. The number of ether oxygens (including phenoxy) is 1. The van der Waals surface area contributed by atoms with Crippen LogP contribution < -0.4 is 4.74 Å². The molecule has 1 aromatic rings. The van der Waals surface area contributed by atoms with E-state index < -0.39 is 0 Å². The van der Waals surface area contributed by atoms with Gasteiger partial charge in [0.1, 0.15) is 4.32 Å². The number of benzene rings is 1. The molecule has 1 saturated carbocycles. The summed E-state index contributed by atoms with van der Waals surface area (Å²) in [6.07, 6.45) is 7.46. The van der Waals surface area contributed by atoms with Crippen LogP contribution in [0.15, 0.2) is 17.0 Å². The molecule has 1 aliphatic carbocycles. The molecule has 1 saturated heterocycles. The van der Waals surface area contributed by atoms with Crippen LogP contribution in [0, 0.1) is 3.57 Å². The predicted molar refractivity (Wildman–Crippen MR) is 109 cm³/mol. The quantitative estimate of drug-likeness (QED) is 0.395. The first-order valence-electron chi connectivity index (χ1n) is 7.85. The molecule has 24 heavy (non-hydrogen) atoms. The van der Waals surface area contributed by atoms with Gasteiger partial charge in [-0.25, -0.2) is 0 Å². The van der Waals surface area contributed by atoms with Crippen molar-refractivity contribution in [2.45, 2.75) is 38.1 Å². The number of hydrogen-bond donors (Lipinski definition) is 1. The Labute approximate surface area is 164 Å². The minimum atomic E-state index is -0.000972. The van der Waals surface area contributed by atoms with E-state index in [0.717, 1.165) is 31.2 Å². The highest BCUT2D eigenvalue weighted by Crippen LogP contribution is 2.39. The topological polar surface area (TPSA) is 49.8 Å². The number of thiocarbonyl (C=S) groups is 1. The standard InChI is InChI=1S/C17H18INO3S2/c1-22-13-8-10(7-12(18)15(13)20)9-14-16(21)19(17(23)24-14)11-5-3-2-4-6-11/h7-9,11,20H,2-6H2,1H3/b14-9+. The number of phenolic OH excluding ortho intramolecular Hbond substituents is 1. The summed E-state index contributed by atoms with van der Waals surface area (Å²) in [5, 5.41) is 9.93. The summed E-state index contributed by atoms with van der Waals surface area (Å²) in [5.41, 5.74) is 0.818. The average Bonchev–Trinajstić information content (AvgIpc) is 2.85. The first-order valence-corrected chi connectivity index (χ1v) is 10.1. The number of aromatic hydroxyl groups is 1. The number of halogens is 1. The van der Waals surface area contributed by atoms with E-state index in [0.29, 0.717) is 18.5 Å². The van der Waals surface area contributed by atoms with Crippen LogP contribution in [-0.2, 0) is 4.79 Å². The maximum atomic E-state index is 12.8. The van der Waals surface area contributed by atoms with Gasteiger partial charge in [0, 0.05) is 6.04 Å². The number of methoxy groups -OCH3 is 1. The largest absolute Gasteiger partial charge is 0.504 e. The van der Waals surface area contributed by atoms with Crippen LogP contribution in [-0.4, -0.2) is 33.4 Å². The van der Waals surface area contributed by atoms with Crippen molar-refractivity contribution in [3.8, 4) is 11.5 Å². The average molecular weight is 475 g/mol. The highest BCUT2D eigenvalue weighted by molar-refractivity contribution is 14.1. The van der Waals surface area contributed by atoms with Crippen molar-refractivity contribution in [1.82, 2.24) is 4.90 Å². The molecule has 0 atom stereocenters. The van der Waals surface area contributed by atoms with Gasteiger partial charge in [0.2, 0.25) is 0 Å². The van der Waals surface area contributed by atoms with Crippen LogP contribution >= 0.6 is 46.6 Å². The molecule has 7 heteroatoms. The third-order valence-electron chi connectivity index (χ3n) is 4.33. The highest BCUT2D eigenvalue weighted by atomic mass is 127. The van der Waals surface area contributed by atoms with Crippen LogP contribution in [0.3, 0.4) is 0 Å². The molecule has 1 aromatic carbocycles. The van der Waals surface area contributed by atoms with Gasteiger partial charge in [-0.1, -0.05) is 43.2 Å². The molecule has 4 nitrogen and oxygen atoms in total. The predicted octanol–water partition coefficient (Wildman–Crippen LogP) is 4.54. The van der Waals surface area contributed by atoms with Gasteiger partial charge in [-0.2, -0.15) is 0 Å². The van der Waals surface area contributed by atoms with E-state index in [9.17, 15) is 9.90 Å². The minimum Gasteiger partial charge on any atom is -0.504 e. The summed E-state index contributed by atoms with van der Waals surface area (Å²) >= 11 is 8.85. The zero-order valence-corrected chi connectivity index (χ0v) is 17.0. The molecule has 1 amide bonds. The summed E-state index contributed by atoms with van der Waals surface area (Å²) in [7, 11) is 1.51. The number of amides is 1. The van der Waals surface area contributed by atoms with Crippen LogP contribution in [0.2, 0.25) is 0 Å². The van der Waals surface area contributed by atoms with Crippen molar-refractivity contribution in [3.63, 3.8) is 0 Å². The lowest BCUT2D eigenvalue weighted by Crippen LogP contribution is -2.39. The van der Waals surface area contributed by atoms with Gasteiger partial charge in [0.05, 0.1) is 15.6 Å². The van der Waals surface area contributed by atoms with E-state index >= 15 is 0 Å². The smallest absolute Gasteiger partial charge is 0.266 e. The van der Waals surface area contributed by atoms with Crippen LogP contribution in [0.5, 0.6) is 11.5 Å². The van der Waals surface area contributed by atoms with Crippen molar-refractivity contribution in [1.29, 1.82) is 0 Å². The van der Waals surface area contributed by atoms with Crippen LogP contribution in [0.25, 0.3) is 6.08 Å². The second kappa shape index (κ2) is 7.61. The second-order valence-corrected chi connectivity index (χ2v) is 8.74. The Morgan fingerprint density at radius 3 is 2.75 bits per heavy atom. The molecule has 128 valence electrons. The van der Waals surface area contributed by atoms with Gasteiger partial charge in [-0.05, 0) is 59.2 Å². The summed E-state index contributed by atoms with van der Waals surface area (Å²) in [6.45, 7) is 0. The fourth-order valence-electron chi connectivity index (χ4n) is 3.12. The van der Waals surface area contributed by atoms with E-state index in [-0.39, 0.29) is 17.7 Å². The van der Waals surface area contributed by atoms with Gasteiger partial charge in [0.25, 0.3) is 5.91 Å². The number of nitrogens with zero attached hydrogens (tertiary/aromatic N) is 1. The maximum absolute atomic E-state index is 12.8. The monoisotopic (exact) mass is 475 g/mol. The zero-order chi connectivity index (χ0) is 17.3. The zero-order valence-electron chi connectivity index (χ0n) is 13.3. The Morgan fingerprint density at radius 1 is 1.38 bits per heavy atom. The van der Waals surface area contributed by atoms with Gasteiger partial charge in [0.15, 0.2) is 11.5 Å². The van der Waals surface area contributed by atoms with Crippen molar-refractivity contribution in [3.05, 3.63) is 26.2 Å². The molecule has 1 aliphatic heterocycles. The summed E-state index contributed by atoms with van der Waals surface area (Å²) in [5.74, 6) is 0.514. The number of carbonyl (C=O) groups excluding carboxylic acids is 1. The fraction of sp³-hybridized carbons (Fsp3) is 0.412. The maximum Gasteiger partial charge on any atom is 0.266 e. The molecule has 0 spiro atoms. The van der Waals surface area contributed by atoms with Crippen molar-refractivity contribution in [2.24, 2.45) is 0 Å². The first-order chi connectivity index (χ1) is 11.5. The number of carbonyl (C=O) groups is 1. The van der Waals surface area contributed by atoms with Crippen molar-refractivity contribution >= 4 is 62.9 Å². The Kier molecular flexibility index (Phi) is 5.71. The van der Waals surface area contributed by atoms with E-state index in [1.54, 1.807) is 11.0 Å². The van der Waals surface area contributed by atoms with Gasteiger partial charge in [-0.3, -0.25) is 9.69 Å². The number of hydrogen-bond acceptors (Lipinski definition) is 5. The second-order valence-electron chi connectivity index (χ2n) is 5.90. The summed E-state index contributed by atoms with van der Waals surface area (Å²) in [6, 6.07) is 3.79. The van der Waals surface area contributed by atoms with E-state index in [1.807, 2.05) is 34.7 Å².